The highest BCUT2D eigenvalue weighted by atomic mass is 35.5. The first-order valence-electron chi connectivity index (χ1n) is 4.01. The molecule has 0 atom stereocenters. The van der Waals surface area contributed by atoms with Gasteiger partial charge in [-0.25, -0.2) is 0 Å². The standard InChI is InChI=1S/C7H10ClN3O2/c1-3-5-6(11(12)13)10(4-2)7(8)9-5/h3-4H2,1-2H3. The van der Waals surface area contributed by atoms with E-state index in [0.29, 0.717) is 18.7 Å². The minimum atomic E-state index is -0.443. The van der Waals surface area contributed by atoms with Crippen molar-refractivity contribution < 1.29 is 4.92 Å². The van der Waals surface area contributed by atoms with Crippen molar-refractivity contribution in [3.63, 3.8) is 0 Å². The molecule has 5 nitrogen and oxygen atoms in total. The summed E-state index contributed by atoms with van der Waals surface area (Å²) in [7, 11) is 0. The number of imidazole rings is 1. The molecule has 0 aliphatic heterocycles. The minimum Gasteiger partial charge on any atom is -0.358 e. The summed E-state index contributed by atoms with van der Waals surface area (Å²) in [5.74, 6) is 0.00926. The second kappa shape index (κ2) is 3.74. The highest BCUT2D eigenvalue weighted by Crippen LogP contribution is 2.23. The molecule has 0 saturated carbocycles. The molecule has 0 spiro atoms. The molecular formula is C7H10ClN3O2. The minimum absolute atomic E-state index is 0.00926. The molecule has 0 aliphatic carbocycles. The first-order valence-corrected chi connectivity index (χ1v) is 4.38. The van der Waals surface area contributed by atoms with E-state index in [9.17, 15) is 10.1 Å². The summed E-state index contributed by atoms with van der Waals surface area (Å²) in [4.78, 5) is 14.1. The highest BCUT2D eigenvalue weighted by molar-refractivity contribution is 6.28. The van der Waals surface area contributed by atoms with E-state index in [4.69, 9.17) is 11.6 Å². The monoisotopic (exact) mass is 203 g/mol. The van der Waals surface area contributed by atoms with Gasteiger partial charge in [-0.3, -0.25) is 0 Å². The van der Waals surface area contributed by atoms with Gasteiger partial charge in [-0.15, -0.1) is 0 Å². The number of halogens is 1. The highest BCUT2D eigenvalue weighted by Gasteiger charge is 2.23. The van der Waals surface area contributed by atoms with Crippen molar-refractivity contribution in [2.75, 3.05) is 0 Å². The maximum Gasteiger partial charge on any atom is 0.347 e. The lowest BCUT2D eigenvalue weighted by atomic mass is 10.3. The van der Waals surface area contributed by atoms with Gasteiger partial charge in [0.25, 0.3) is 5.28 Å². The predicted molar refractivity (Wildman–Crippen MR) is 48.9 cm³/mol. The average molecular weight is 204 g/mol. The van der Waals surface area contributed by atoms with Gasteiger partial charge in [-0.1, -0.05) is 6.92 Å². The molecular weight excluding hydrogens is 194 g/mol. The lowest BCUT2D eigenvalue weighted by Crippen LogP contribution is -2.02. The molecule has 0 amide bonds. The van der Waals surface area contributed by atoms with Crippen LogP contribution in [-0.2, 0) is 13.0 Å². The Hall–Kier alpha value is -1.10. The molecule has 0 N–H and O–H groups in total. The van der Waals surface area contributed by atoms with Gasteiger partial charge in [0.1, 0.15) is 5.69 Å². The fourth-order valence-electron chi connectivity index (χ4n) is 1.19. The number of rotatable bonds is 3. The van der Waals surface area contributed by atoms with E-state index < -0.39 is 4.92 Å². The fourth-order valence-corrected chi connectivity index (χ4v) is 1.49. The van der Waals surface area contributed by atoms with Crippen LogP contribution in [0.2, 0.25) is 5.28 Å². The lowest BCUT2D eigenvalue weighted by molar-refractivity contribution is -0.392. The third kappa shape index (κ3) is 1.65. The van der Waals surface area contributed by atoms with Crippen molar-refractivity contribution >= 4 is 17.4 Å². The normalized spacial score (nSPS) is 10.4. The van der Waals surface area contributed by atoms with E-state index in [-0.39, 0.29) is 11.1 Å². The number of hydrogen-bond donors (Lipinski definition) is 0. The van der Waals surface area contributed by atoms with Gasteiger partial charge in [0.15, 0.2) is 0 Å². The molecule has 0 unspecified atom stereocenters. The second-order valence-electron chi connectivity index (χ2n) is 2.51. The van der Waals surface area contributed by atoms with Gasteiger partial charge in [-0.2, -0.15) is 9.55 Å². The van der Waals surface area contributed by atoms with Crippen molar-refractivity contribution in [3.8, 4) is 0 Å². The molecule has 0 fully saturated rings. The van der Waals surface area contributed by atoms with Crippen LogP contribution in [0.4, 0.5) is 5.82 Å². The summed E-state index contributed by atoms with van der Waals surface area (Å²) in [6.07, 6.45) is 0.517. The van der Waals surface area contributed by atoms with Crippen LogP contribution >= 0.6 is 11.6 Å². The van der Waals surface area contributed by atoms with Crippen LogP contribution < -0.4 is 0 Å². The van der Waals surface area contributed by atoms with Crippen LogP contribution in [0, 0.1) is 10.1 Å². The maximum atomic E-state index is 10.7. The Morgan fingerprint density at radius 2 is 2.23 bits per heavy atom. The van der Waals surface area contributed by atoms with E-state index in [1.54, 1.807) is 6.92 Å². The number of aryl methyl sites for hydroxylation is 1. The van der Waals surface area contributed by atoms with Crippen LogP contribution in [0.25, 0.3) is 0 Å². The topological polar surface area (TPSA) is 61.0 Å². The third-order valence-corrected chi connectivity index (χ3v) is 2.08. The molecule has 0 aliphatic rings. The van der Waals surface area contributed by atoms with Crippen LogP contribution in [0.1, 0.15) is 19.5 Å². The Bertz CT molecular complexity index is 335. The zero-order chi connectivity index (χ0) is 10.0. The van der Waals surface area contributed by atoms with Crippen molar-refractivity contribution in [2.24, 2.45) is 0 Å². The summed E-state index contributed by atoms with van der Waals surface area (Å²) in [6.45, 7) is 4.06. The maximum absolute atomic E-state index is 10.7. The van der Waals surface area contributed by atoms with Crippen molar-refractivity contribution in [2.45, 2.75) is 26.8 Å². The second-order valence-corrected chi connectivity index (χ2v) is 2.84. The van der Waals surface area contributed by atoms with Crippen molar-refractivity contribution in [1.29, 1.82) is 0 Å². The smallest absolute Gasteiger partial charge is 0.347 e. The van der Waals surface area contributed by atoms with Crippen LogP contribution in [0.3, 0.4) is 0 Å². The largest absolute Gasteiger partial charge is 0.358 e. The molecule has 0 bridgehead atoms. The molecule has 1 aromatic rings. The van der Waals surface area contributed by atoms with Crippen LogP contribution in [-0.4, -0.2) is 14.5 Å². The Morgan fingerprint density at radius 1 is 1.62 bits per heavy atom. The van der Waals surface area contributed by atoms with Gasteiger partial charge in [0.2, 0.25) is 0 Å². The van der Waals surface area contributed by atoms with Gasteiger partial charge < -0.3 is 10.1 Å². The number of hydrogen-bond acceptors (Lipinski definition) is 3. The van der Waals surface area contributed by atoms with E-state index in [0.717, 1.165) is 0 Å². The number of aromatic nitrogens is 2. The van der Waals surface area contributed by atoms with Gasteiger partial charge in [0.05, 0.1) is 6.54 Å². The first-order chi connectivity index (χ1) is 6.11. The van der Waals surface area contributed by atoms with Gasteiger partial charge in [0, 0.05) is 0 Å². The zero-order valence-corrected chi connectivity index (χ0v) is 8.21. The van der Waals surface area contributed by atoms with Gasteiger partial charge in [-0.05, 0) is 29.9 Å². The number of nitrogens with zero attached hydrogens (tertiary/aromatic N) is 3. The molecule has 1 rings (SSSR count). The van der Waals surface area contributed by atoms with E-state index in [2.05, 4.69) is 4.98 Å². The zero-order valence-electron chi connectivity index (χ0n) is 7.45. The molecule has 0 aromatic carbocycles. The Labute approximate surface area is 80.5 Å². The molecule has 72 valence electrons. The predicted octanol–water partition coefficient (Wildman–Crippen LogP) is 2.03. The summed E-state index contributed by atoms with van der Waals surface area (Å²) in [6, 6.07) is 0. The molecule has 6 heteroatoms. The Kier molecular flexibility index (Phi) is 2.87. The molecule has 1 aromatic heterocycles. The summed E-state index contributed by atoms with van der Waals surface area (Å²) < 4.78 is 1.39. The van der Waals surface area contributed by atoms with E-state index in [1.807, 2.05) is 6.92 Å². The molecule has 0 saturated heterocycles. The molecule has 1 heterocycles. The molecule has 13 heavy (non-hydrogen) atoms. The van der Waals surface area contributed by atoms with E-state index >= 15 is 0 Å². The van der Waals surface area contributed by atoms with Crippen molar-refractivity contribution in [3.05, 3.63) is 21.1 Å². The lowest BCUT2D eigenvalue weighted by Gasteiger charge is -1.98. The van der Waals surface area contributed by atoms with Crippen LogP contribution in [0.5, 0.6) is 0 Å². The molecule has 0 radical (unpaired) electrons. The fraction of sp³-hybridized carbons (Fsp3) is 0.571. The van der Waals surface area contributed by atoms with Crippen LogP contribution in [0.15, 0.2) is 0 Å². The average Bonchev–Trinajstić information content (AvgIpc) is 2.41. The third-order valence-electron chi connectivity index (χ3n) is 1.79. The van der Waals surface area contributed by atoms with E-state index in [1.165, 1.54) is 4.57 Å². The quantitative estimate of drug-likeness (QED) is 0.558. The summed E-state index contributed by atoms with van der Waals surface area (Å²) in [5, 5.41) is 10.8. The first kappa shape index (κ1) is 9.98. The summed E-state index contributed by atoms with van der Waals surface area (Å²) in [5.41, 5.74) is 0.442. The number of nitro groups is 1. The van der Waals surface area contributed by atoms with Gasteiger partial charge >= 0.3 is 5.82 Å². The SMILES string of the molecule is CCc1nc(Cl)n(CC)c1[N+](=O)[O-]. The Morgan fingerprint density at radius 3 is 2.62 bits per heavy atom. The Balaban J connectivity index is 3.32. The summed E-state index contributed by atoms with van der Waals surface area (Å²) >= 11 is 5.72. The van der Waals surface area contributed by atoms with Crippen molar-refractivity contribution in [1.82, 2.24) is 9.55 Å².